The number of ether oxygens (including phenoxy) is 1. The van der Waals surface area contributed by atoms with Crippen molar-refractivity contribution in [2.24, 2.45) is 46.3 Å². The Kier molecular flexibility index (Phi) is 5.59. The van der Waals surface area contributed by atoms with E-state index in [-0.39, 0.29) is 0 Å². The minimum atomic E-state index is 0.518. The van der Waals surface area contributed by atoms with Crippen molar-refractivity contribution in [3.8, 4) is 0 Å². The first-order chi connectivity index (χ1) is 12.1. The molecule has 8 atom stereocenters. The fraction of sp³-hybridized carbons (Fsp3) is 0.920. The summed E-state index contributed by atoms with van der Waals surface area (Å²) in [6.07, 6.45) is 8.30. The van der Waals surface area contributed by atoms with E-state index in [1.807, 2.05) is 0 Å². The Morgan fingerprint density at radius 3 is 2.31 bits per heavy atom. The van der Waals surface area contributed by atoms with Crippen LogP contribution in [0.15, 0.2) is 11.3 Å². The molecule has 0 aromatic carbocycles. The predicted molar refractivity (Wildman–Crippen MR) is 112 cm³/mol. The Hall–Kier alpha value is -0.460. The Balaban J connectivity index is 1.86. The lowest BCUT2D eigenvalue weighted by Crippen LogP contribution is -2.56. The van der Waals surface area contributed by atoms with Gasteiger partial charge in [0.05, 0.1) is 12.4 Å². The van der Waals surface area contributed by atoms with E-state index in [2.05, 4.69) is 55.4 Å². The van der Waals surface area contributed by atoms with Crippen LogP contribution in [0.2, 0.25) is 0 Å². The van der Waals surface area contributed by atoms with Crippen LogP contribution in [0.5, 0.6) is 0 Å². The van der Waals surface area contributed by atoms with Gasteiger partial charge in [-0.25, -0.2) is 0 Å². The van der Waals surface area contributed by atoms with Gasteiger partial charge in [-0.1, -0.05) is 61.3 Å². The van der Waals surface area contributed by atoms with E-state index >= 15 is 0 Å². The van der Waals surface area contributed by atoms with Crippen molar-refractivity contribution < 1.29 is 4.74 Å². The van der Waals surface area contributed by atoms with Crippen LogP contribution >= 0.6 is 0 Å². The first-order valence-electron chi connectivity index (χ1n) is 11.5. The van der Waals surface area contributed by atoms with Crippen LogP contribution in [0.1, 0.15) is 93.9 Å². The average Bonchev–Trinajstić information content (AvgIpc) is 2.90. The third-order valence-corrected chi connectivity index (χ3v) is 9.78. The van der Waals surface area contributed by atoms with Crippen LogP contribution < -0.4 is 0 Å². The van der Waals surface area contributed by atoms with Crippen molar-refractivity contribution in [3.63, 3.8) is 0 Å². The van der Waals surface area contributed by atoms with Crippen LogP contribution in [-0.4, -0.2) is 6.61 Å². The van der Waals surface area contributed by atoms with Crippen LogP contribution in [0, 0.1) is 46.3 Å². The topological polar surface area (TPSA) is 9.23 Å². The minimum Gasteiger partial charge on any atom is -0.498 e. The van der Waals surface area contributed by atoms with Gasteiger partial charge >= 0.3 is 0 Å². The zero-order valence-electron chi connectivity index (χ0n) is 18.8. The molecule has 0 aromatic heterocycles. The quantitative estimate of drug-likeness (QED) is 0.505. The van der Waals surface area contributed by atoms with E-state index < -0.39 is 0 Å². The summed E-state index contributed by atoms with van der Waals surface area (Å²) >= 11 is 0. The molecule has 3 aliphatic rings. The molecule has 1 heteroatoms. The van der Waals surface area contributed by atoms with Crippen molar-refractivity contribution in [1.82, 2.24) is 0 Å². The van der Waals surface area contributed by atoms with Gasteiger partial charge in [0.25, 0.3) is 0 Å². The SMILES string of the molecule is CCC1(C)C(C)C(C)CC2(C)C(CCC3=C(C)OCC3C)C(C)CCC12. The molecule has 0 spiro atoms. The summed E-state index contributed by atoms with van der Waals surface area (Å²) in [6.45, 7) is 20.8. The van der Waals surface area contributed by atoms with Gasteiger partial charge in [-0.2, -0.15) is 0 Å². The summed E-state index contributed by atoms with van der Waals surface area (Å²) < 4.78 is 5.84. The summed E-state index contributed by atoms with van der Waals surface area (Å²) in [5.74, 6) is 6.21. The Morgan fingerprint density at radius 1 is 1.04 bits per heavy atom. The standard InChI is InChI=1S/C25H44O/c1-9-24(7)19(5)17(3)14-25(8)22(16(2)10-13-23(24)25)12-11-21-18(4)15-26-20(21)6/h16-19,22-23H,9-15H2,1-8H3. The smallest absolute Gasteiger partial charge is 0.0941 e. The maximum absolute atomic E-state index is 5.84. The molecule has 26 heavy (non-hydrogen) atoms. The maximum atomic E-state index is 5.84. The Morgan fingerprint density at radius 2 is 1.73 bits per heavy atom. The molecule has 0 N–H and O–H groups in total. The van der Waals surface area contributed by atoms with E-state index in [9.17, 15) is 0 Å². The molecule has 0 bridgehead atoms. The first-order valence-corrected chi connectivity index (χ1v) is 11.5. The van der Waals surface area contributed by atoms with Gasteiger partial charge in [0.15, 0.2) is 0 Å². The molecule has 2 fully saturated rings. The summed E-state index contributed by atoms with van der Waals surface area (Å²) in [4.78, 5) is 0. The molecule has 0 saturated heterocycles. The third-order valence-electron chi connectivity index (χ3n) is 9.78. The van der Waals surface area contributed by atoms with Crippen molar-refractivity contribution >= 4 is 0 Å². The molecule has 2 aliphatic carbocycles. The predicted octanol–water partition coefficient (Wildman–Crippen LogP) is 7.47. The highest BCUT2D eigenvalue weighted by Gasteiger charge is 2.58. The number of rotatable bonds is 4. The lowest BCUT2D eigenvalue weighted by molar-refractivity contribution is -0.149. The van der Waals surface area contributed by atoms with E-state index in [4.69, 9.17) is 4.74 Å². The second-order valence-electron chi connectivity index (χ2n) is 10.9. The second-order valence-corrected chi connectivity index (χ2v) is 10.9. The summed E-state index contributed by atoms with van der Waals surface area (Å²) in [5, 5.41) is 0. The summed E-state index contributed by atoms with van der Waals surface area (Å²) in [7, 11) is 0. The van der Waals surface area contributed by atoms with Gasteiger partial charge < -0.3 is 4.74 Å². The van der Waals surface area contributed by atoms with Crippen molar-refractivity contribution in [2.45, 2.75) is 93.9 Å². The fourth-order valence-corrected chi connectivity index (χ4v) is 7.79. The first kappa shape index (κ1) is 20.3. The van der Waals surface area contributed by atoms with Gasteiger partial charge in [-0.3, -0.25) is 0 Å². The van der Waals surface area contributed by atoms with Crippen LogP contribution in [0.4, 0.5) is 0 Å². The van der Waals surface area contributed by atoms with Gasteiger partial charge in [0, 0.05) is 5.92 Å². The monoisotopic (exact) mass is 360 g/mol. The highest BCUT2D eigenvalue weighted by molar-refractivity contribution is 5.15. The molecule has 2 saturated carbocycles. The minimum absolute atomic E-state index is 0.518. The van der Waals surface area contributed by atoms with Crippen molar-refractivity contribution in [3.05, 3.63) is 11.3 Å². The molecular formula is C25H44O. The Bertz CT molecular complexity index is 548. The number of hydrogen-bond acceptors (Lipinski definition) is 1. The molecule has 0 amide bonds. The number of fused-ring (bicyclic) bond motifs is 1. The average molecular weight is 361 g/mol. The van der Waals surface area contributed by atoms with E-state index in [0.717, 1.165) is 36.2 Å². The highest BCUT2D eigenvalue weighted by atomic mass is 16.5. The van der Waals surface area contributed by atoms with Gasteiger partial charge in [-0.05, 0) is 78.6 Å². The maximum Gasteiger partial charge on any atom is 0.0941 e. The van der Waals surface area contributed by atoms with Crippen LogP contribution in [0.25, 0.3) is 0 Å². The van der Waals surface area contributed by atoms with Crippen LogP contribution in [-0.2, 0) is 4.74 Å². The summed E-state index contributed by atoms with van der Waals surface area (Å²) in [6, 6.07) is 0. The molecular weight excluding hydrogens is 316 g/mol. The van der Waals surface area contributed by atoms with E-state index in [0.29, 0.717) is 16.7 Å². The van der Waals surface area contributed by atoms with Crippen molar-refractivity contribution in [1.29, 1.82) is 0 Å². The molecule has 1 heterocycles. The molecule has 0 aromatic rings. The van der Waals surface area contributed by atoms with E-state index in [1.165, 1.54) is 44.3 Å². The van der Waals surface area contributed by atoms with Gasteiger partial charge in [0.2, 0.25) is 0 Å². The number of hydrogen-bond donors (Lipinski definition) is 0. The zero-order valence-corrected chi connectivity index (χ0v) is 18.8. The normalized spacial score (nSPS) is 49.1. The zero-order chi connectivity index (χ0) is 19.3. The summed E-state index contributed by atoms with van der Waals surface area (Å²) in [5.41, 5.74) is 2.65. The molecule has 0 radical (unpaired) electrons. The largest absolute Gasteiger partial charge is 0.498 e. The van der Waals surface area contributed by atoms with Crippen molar-refractivity contribution in [2.75, 3.05) is 6.61 Å². The number of allylic oxidation sites excluding steroid dienone is 1. The lowest BCUT2D eigenvalue weighted by atomic mass is 9.41. The fourth-order valence-electron chi connectivity index (χ4n) is 7.79. The lowest BCUT2D eigenvalue weighted by Gasteiger charge is -2.64. The second kappa shape index (κ2) is 7.17. The van der Waals surface area contributed by atoms with Crippen LogP contribution in [0.3, 0.4) is 0 Å². The molecule has 8 unspecified atom stereocenters. The van der Waals surface area contributed by atoms with E-state index in [1.54, 1.807) is 5.57 Å². The molecule has 3 rings (SSSR count). The third kappa shape index (κ3) is 3.06. The molecule has 1 aliphatic heterocycles. The highest BCUT2D eigenvalue weighted by Crippen LogP contribution is 2.66. The molecule has 1 nitrogen and oxygen atoms in total. The Labute approximate surface area is 163 Å². The molecule has 150 valence electrons. The van der Waals surface area contributed by atoms with Gasteiger partial charge in [-0.15, -0.1) is 0 Å². The van der Waals surface area contributed by atoms with Gasteiger partial charge in [0.1, 0.15) is 0 Å².